The van der Waals surface area contributed by atoms with Gasteiger partial charge in [0.05, 0.1) is 34.8 Å². The van der Waals surface area contributed by atoms with Crippen molar-refractivity contribution in [1.29, 1.82) is 0 Å². The lowest BCUT2D eigenvalue weighted by atomic mass is 10.2. The monoisotopic (exact) mass is 256 g/mol. The average Bonchev–Trinajstić information content (AvgIpc) is 2.91. The SMILES string of the molecule is Nc1cc2c(=O)[nH]cnc2cc1NCc1cn[nH]c1. The molecule has 2 heterocycles. The Morgan fingerprint density at radius 1 is 1.37 bits per heavy atom. The maximum absolute atomic E-state index is 11.6. The molecule has 1 aromatic carbocycles. The summed E-state index contributed by atoms with van der Waals surface area (Å²) in [7, 11) is 0. The maximum atomic E-state index is 11.6. The molecule has 0 aliphatic rings. The minimum absolute atomic E-state index is 0.196. The standard InChI is InChI=1S/C12H12N6O/c13-9-1-8-10(15-6-16-12(8)19)2-11(9)14-3-7-4-17-18-5-7/h1-2,4-6,14H,3,13H2,(H,17,18)(H,15,16,19). The molecule has 19 heavy (non-hydrogen) atoms. The van der Waals surface area contributed by atoms with Gasteiger partial charge in [0.25, 0.3) is 5.56 Å². The van der Waals surface area contributed by atoms with Crippen LogP contribution in [-0.2, 0) is 6.54 Å². The van der Waals surface area contributed by atoms with E-state index >= 15 is 0 Å². The van der Waals surface area contributed by atoms with Crippen LogP contribution in [0.1, 0.15) is 5.56 Å². The average molecular weight is 256 g/mol. The summed E-state index contributed by atoms with van der Waals surface area (Å²) in [5.41, 5.74) is 8.60. The molecule has 0 radical (unpaired) electrons. The second-order valence-corrected chi connectivity index (χ2v) is 4.15. The van der Waals surface area contributed by atoms with Crippen molar-refractivity contribution in [2.24, 2.45) is 0 Å². The quantitative estimate of drug-likeness (QED) is 0.519. The molecule has 7 nitrogen and oxygen atoms in total. The van der Waals surface area contributed by atoms with Gasteiger partial charge in [-0.3, -0.25) is 9.89 Å². The predicted molar refractivity (Wildman–Crippen MR) is 72.7 cm³/mol. The summed E-state index contributed by atoms with van der Waals surface area (Å²) in [6.45, 7) is 0.593. The molecule has 7 heteroatoms. The van der Waals surface area contributed by atoms with Crippen molar-refractivity contribution in [2.45, 2.75) is 6.54 Å². The Bertz CT molecular complexity index is 761. The van der Waals surface area contributed by atoms with E-state index in [2.05, 4.69) is 25.5 Å². The van der Waals surface area contributed by atoms with Gasteiger partial charge in [-0.1, -0.05) is 0 Å². The Morgan fingerprint density at radius 2 is 2.26 bits per heavy atom. The zero-order valence-corrected chi connectivity index (χ0v) is 9.97. The van der Waals surface area contributed by atoms with Gasteiger partial charge in [-0.15, -0.1) is 0 Å². The van der Waals surface area contributed by atoms with Crippen LogP contribution in [-0.4, -0.2) is 20.2 Å². The summed E-state index contributed by atoms with van der Waals surface area (Å²) in [6.07, 6.45) is 4.90. The first kappa shape index (κ1) is 11.3. The van der Waals surface area contributed by atoms with Crippen LogP contribution in [0.2, 0.25) is 0 Å². The molecule has 0 atom stereocenters. The van der Waals surface area contributed by atoms with Gasteiger partial charge in [0, 0.05) is 18.3 Å². The van der Waals surface area contributed by atoms with Crippen LogP contribution in [0.5, 0.6) is 0 Å². The second kappa shape index (κ2) is 4.45. The highest BCUT2D eigenvalue weighted by molar-refractivity contribution is 5.88. The Kier molecular flexibility index (Phi) is 2.64. The van der Waals surface area contributed by atoms with E-state index in [1.165, 1.54) is 6.33 Å². The topological polar surface area (TPSA) is 112 Å². The zero-order chi connectivity index (χ0) is 13.2. The molecular weight excluding hydrogens is 244 g/mol. The number of nitrogen functional groups attached to an aromatic ring is 1. The van der Waals surface area contributed by atoms with E-state index in [0.717, 1.165) is 11.3 Å². The fraction of sp³-hybridized carbons (Fsp3) is 0.0833. The molecule has 0 aliphatic heterocycles. The van der Waals surface area contributed by atoms with Crippen LogP contribution in [0, 0.1) is 0 Å². The van der Waals surface area contributed by atoms with Crippen molar-refractivity contribution in [2.75, 3.05) is 11.1 Å². The third kappa shape index (κ3) is 2.13. The highest BCUT2D eigenvalue weighted by Gasteiger charge is 2.06. The molecule has 3 rings (SSSR count). The molecule has 0 fully saturated rings. The highest BCUT2D eigenvalue weighted by atomic mass is 16.1. The minimum atomic E-state index is -0.196. The molecule has 5 N–H and O–H groups in total. The number of anilines is 2. The molecular formula is C12H12N6O. The lowest BCUT2D eigenvalue weighted by Gasteiger charge is -2.09. The van der Waals surface area contributed by atoms with Crippen molar-refractivity contribution in [3.63, 3.8) is 0 Å². The number of aromatic nitrogens is 4. The normalized spacial score (nSPS) is 10.7. The molecule has 0 unspecified atom stereocenters. The Labute approximate surface area is 107 Å². The number of hydrogen-bond donors (Lipinski definition) is 4. The summed E-state index contributed by atoms with van der Waals surface area (Å²) in [5, 5.41) is 10.3. The summed E-state index contributed by atoms with van der Waals surface area (Å²) >= 11 is 0. The van der Waals surface area contributed by atoms with Crippen LogP contribution >= 0.6 is 0 Å². The number of H-pyrrole nitrogens is 2. The van der Waals surface area contributed by atoms with E-state index in [1.54, 1.807) is 24.5 Å². The van der Waals surface area contributed by atoms with Crippen molar-refractivity contribution < 1.29 is 0 Å². The molecule has 0 bridgehead atoms. The fourth-order valence-corrected chi connectivity index (χ4v) is 1.86. The van der Waals surface area contributed by atoms with Crippen molar-refractivity contribution >= 4 is 22.3 Å². The van der Waals surface area contributed by atoms with Gasteiger partial charge in [0.15, 0.2) is 0 Å². The molecule has 0 saturated carbocycles. The third-order valence-electron chi connectivity index (χ3n) is 2.85. The predicted octanol–water partition coefficient (Wildman–Crippen LogP) is 0.840. The van der Waals surface area contributed by atoms with Crippen LogP contribution in [0.25, 0.3) is 10.9 Å². The lowest BCUT2D eigenvalue weighted by Crippen LogP contribution is -2.08. The Balaban J connectivity index is 1.95. The van der Waals surface area contributed by atoms with Gasteiger partial charge in [-0.2, -0.15) is 5.10 Å². The van der Waals surface area contributed by atoms with Crippen LogP contribution < -0.4 is 16.6 Å². The lowest BCUT2D eigenvalue weighted by molar-refractivity contribution is 1.09. The largest absolute Gasteiger partial charge is 0.397 e. The van der Waals surface area contributed by atoms with Gasteiger partial charge in [-0.05, 0) is 12.1 Å². The van der Waals surface area contributed by atoms with Crippen molar-refractivity contribution in [1.82, 2.24) is 20.2 Å². The minimum Gasteiger partial charge on any atom is -0.397 e. The molecule has 96 valence electrons. The van der Waals surface area contributed by atoms with Crippen molar-refractivity contribution in [3.05, 3.63) is 46.8 Å². The number of fused-ring (bicyclic) bond motifs is 1. The van der Waals surface area contributed by atoms with Crippen LogP contribution in [0.4, 0.5) is 11.4 Å². The number of benzene rings is 1. The molecule has 3 aromatic rings. The summed E-state index contributed by atoms with van der Waals surface area (Å²) < 4.78 is 0. The van der Waals surface area contributed by atoms with E-state index in [0.29, 0.717) is 23.1 Å². The van der Waals surface area contributed by atoms with Crippen molar-refractivity contribution in [3.8, 4) is 0 Å². The van der Waals surface area contributed by atoms with Gasteiger partial charge in [-0.25, -0.2) is 4.98 Å². The maximum Gasteiger partial charge on any atom is 0.258 e. The molecule has 2 aromatic heterocycles. The summed E-state index contributed by atoms with van der Waals surface area (Å²) in [4.78, 5) is 18.2. The molecule has 0 spiro atoms. The first-order valence-corrected chi connectivity index (χ1v) is 5.72. The zero-order valence-electron chi connectivity index (χ0n) is 9.97. The molecule has 0 saturated heterocycles. The van der Waals surface area contributed by atoms with E-state index in [4.69, 9.17) is 5.73 Å². The van der Waals surface area contributed by atoms with E-state index in [-0.39, 0.29) is 5.56 Å². The van der Waals surface area contributed by atoms with E-state index in [1.807, 2.05) is 0 Å². The van der Waals surface area contributed by atoms with Gasteiger partial charge >= 0.3 is 0 Å². The van der Waals surface area contributed by atoms with Gasteiger partial charge in [0.1, 0.15) is 0 Å². The fourth-order valence-electron chi connectivity index (χ4n) is 1.86. The Morgan fingerprint density at radius 3 is 3.05 bits per heavy atom. The summed E-state index contributed by atoms with van der Waals surface area (Å²) in [6, 6.07) is 3.39. The number of rotatable bonds is 3. The van der Waals surface area contributed by atoms with Crippen LogP contribution in [0.3, 0.4) is 0 Å². The molecule has 0 amide bonds. The van der Waals surface area contributed by atoms with Crippen LogP contribution in [0.15, 0.2) is 35.6 Å². The highest BCUT2D eigenvalue weighted by Crippen LogP contribution is 2.23. The number of hydrogen-bond acceptors (Lipinski definition) is 5. The second-order valence-electron chi connectivity index (χ2n) is 4.15. The van der Waals surface area contributed by atoms with E-state index < -0.39 is 0 Å². The smallest absolute Gasteiger partial charge is 0.258 e. The third-order valence-corrected chi connectivity index (χ3v) is 2.85. The van der Waals surface area contributed by atoms with Gasteiger partial charge < -0.3 is 16.0 Å². The first-order valence-electron chi connectivity index (χ1n) is 5.72. The first-order chi connectivity index (χ1) is 9.24. The number of nitrogens with zero attached hydrogens (tertiary/aromatic N) is 2. The number of nitrogens with one attached hydrogen (secondary N) is 3. The van der Waals surface area contributed by atoms with E-state index in [9.17, 15) is 4.79 Å². The Hall–Kier alpha value is -2.83. The number of nitrogens with two attached hydrogens (primary N) is 1. The molecule has 0 aliphatic carbocycles. The summed E-state index contributed by atoms with van der Waals surface area (Å²) in [5.74, 6) is 0. The van der Waals surface area contributed by atoms with Gasteiger partial charge in [0.2, 0.25) is 0 Å². The number of aromatic amines is 2.